The molecule has 0 spiro atoms. The second-order valence-electron chi connectivity index (χ2n) is 4.22. The first kappa shape index (κ1) is 12.8. The summed E-state index contributed by atoms with van der Waals surface area (Å²) < 4.78 is 36.9. The van der Waals surface area contributed by atoms with Crippen molar-refractivity contribution in [2.45, 2.75) is 32.5 Å². The maximum atomic E-state index is 12.3. The Morgan fingerprint density at radius 2 is 2.07 bits per heavy atom. The predicted molar refractivity (Wildman–Crippen MR) is 53.7 cm³/mol. The molecule has 0 aromatic heterocycles. The van der Waals surface area contributed by atoms with Gasteiger partial charge in [-0.2, -0.15) is 13.2 Å². The van der Waals surface area contributed by atoms with Crippen molar-refractivity contribution < 1.29 is 13.2 Å². The van der Waals surface area contributed by atoms with Crippen LogP contribution < -0.4 is 5.32 Å². The van der Waals surface area contributed by atoms with Gasteiger partial charge in [-0.25, -0.2) is 0 Å². The van der Waals surface area contributed by atoms with Crippen LogP contribution in [-0.4, -0.2) is 43.3 Å². The Kier molecular flexibility index (Phi) is 4.40. The van der Waals surface area contributed by atoms with Crippen molar-refractivity contribution in [3.8, 4) is 0 Å². The first-order chi connectivity index (χ1) is 6.94. The Balaban J connectivity index is 2.56. The summed E-state index contributed by atoms with van der Waals surface area (Å²) in [6.07, 6.45) is -3.13. The van der Waals surface area contributed by atoms with Crippen molar-refractivity contribution in [3.63, 3.8) is 0 Å². The number of alkyl halides is 3. The zero-order chi connectivity index (χ0) is 11.5. The average Bonchev–Trinajstić information content (AvgIpc) is 2.14. The number of hydrogen-bond acceptors (Lipinski definition) is 2. The highest BCUT2D eigenvalue weighted by atomic mass is 19.4. The summed E-state index contributed by atoms with van der Waals surface area (Å²) in [6.45, 7) is 5.07. The van der Waals surface area contributed by atoms with E-state index in [9.17, 15) is 13.2 Å². The van der Waals surface area contributed by atoms with Crippen LogP contribution in [0.3, 0.4) is 0 Å². The minimum atomic E-state index is -4.09. The number of rotatable bonds is 3. The van der Waals surface area contributed by atoms with Crippen molar-refractivity contribution in [1.82, 2.24) is 10.2 Å². The van der Waals surface area contributed by atoms with Crippen LogP contribution in [0.25, 0.3) is 0 Å². The third-order valence-electron chi connectivity index (χ3n) is 3.04. The first-order valence-electron chi connectivity index (χ1n) is 5.45. The van der Waals surface area contributed by atoms with Gasteiger partial charge in [0.25, 0.3) is 0 Å². The van der Waals surface area contributed by atoms with Crippen LogP contribution in [0.15, 0.2) is 0 Å². The minimum Gasteiger partial charge on any atom is -0.315 e. The molecule has 0 bridgehead atoms. The van der Waals surface area contributed by atoms with Gasteiger partial charge in [0.15, 0.2) is 0 Å². The molecule has 0 aromatic rings. The predicted octanol–water partition coefficient (Wildman–Crippen LogP) is 1.87. The third-order valence-corrected chi connectivity index (χ3v) is 3.04. The second kappa shape index (κ2) is 5.16. The van der Waals surface area contributed by atoms with E-state index in [1.165, 1.54) is 4.90 Å². The molecule has 0 amide bonds. The molecule has 1 saturated heterocycles. The van der Waals surface area contributed by atoms with E-state index in [4.69, 9.17) is 0 Å². The highest BCUT2D eigenvalue weighted by molar-refractivity contribution is 4.84. The fourth-order valence-corrected chi connectivity index (χ4v) is 2.16. The lowest BCUT2D eigenvalue weighted by Crippen LogP contribution is -2.52. The highest BCUT2D eigenvalue weighted by Gasteiger charge is 2.35. The van der Waals surface area contributed by atoms with E-state index in [1.807, 2.05) is 6.92 Å². The van der Waals surface area contributed by atoms with Crippen molar-refractivity contribution >= 4 is 0 Å². The molecule has 1 aliphatic rings. The summed E-state index contributed by atoms with van der Waals surface area (Å²) in [5.41, 5.74) is 0. The highest BCUT2D eigenvalue weighted by Crippen LogP contribution is 2.22. The molecule has 5 heteroatoms. The summed E-state index contributed by atoms with van der Waals surface area (Å²) >= 11 is 0. The summed E-state index contributed by atoms with van der Waals surface area (Å²) in [7, 11) is 0. The lowest BCUT2D eigenvalue weighted by atomic mass is 9.93. The number of likely N-dealkylation sites (N-methyl/N-ethyl adjacent to an activating group) is 1. The van der Waals surface area contributed by atoms with Crippen LogP contribution in [0, 0.1) is 5.92 Å². The van der Waals surface area contributed by atoms with Gasteiger partial charge in [-0.05, 0) is 25.4 Å². The lowest BCUT2D eigenvalue weighted by Gasteiger charge is -2.38. The van der Waals surface area contributed by atoms with Crippen LogP contribution in [-0.2, 0) is 0 Å². The standard InChI is InChI=1S/C10H19F3N2/c1-3-15(7-10(11,12)13)9-6-14-5-4-8(9)2/h8-9,14H,3-7H2,1-2H3. The van der Waals surface area contributed by atoms with Gasteiger partial charge < -0.3 is 5.32 Å². The molecule has 0 radical (unpaired) electrons. The molecule has 1 N–H and O–H groups in total. The Morgan fingerprint density at radius 1 is 1.40 bits per heavy atom. The molecule has 1 fully saturated rings. The molecule has 1 aliphatic heterocycles. The molecular formula is C10H19F3N2. The van der Waals surface area contributed by atoms with Gasteiger partial charge >= 0.3 is 6.18 Å². The lowest BCUT2D eigenvalue weighted by molar-refractivity contribution is -0.153. The average molecular weight is 224 g/mol. The van der Waals surface area contributed by atoms with Crippen molar-refractivity contribution in [2.24, 2.45) is 5.92 Å². The molecule has 1 heterocycles. The normalized spacial score (nSPS) is 28.4. The zero-order valence-corrected chi connectivity index (χ0v) is 9.27. The van der Waals surface area contributed by atoms with Crippen LogP contribution in [0.5, 0.6) is 0 Å². The van der Waals surface area contributed by atoms with E-state index in [-0.39, 0.29) is 6.04 Å². The molecule has 0 saturated carbocycles. The van der Waals surface area contributed by atoms with E-state index in [1.54, 1.807) is 6.92 Å². The monoisotopic (exact) mass is 224 g/mol. The number of nitrogens with zero attached hydrogens (tertiary/aromatic N) is 1. The van der Waals surface area contributed by atoms with Crippen molar-refractivity contribution in [3.05, 3.63) is 0 Å². The summed E-state index contributed by atoms with van der Waals surface area (Å²) in [6, 6.07) is 0.0189. The van der Waals surface area contributed by atoms with Gasteiger partial charge in [-0.1, -0.05) is 13.8 Å². The van der Waals surface area contributed by atoms with Gasteiger partial charge in [0.05, 0.1) is 6.54 Å². The number of halogens is 3. The van der Waals surface area contributed by atoms with Crippen LogP contribution >= 0.6 is 0 Å². The number of nitrogens with one attached hydrogen (secondary N) is 1. The van der Waals surface area contributed by atoms with E-state index in [0.717, 1.165) is 13.0 Å². The van der Waals surface area contributed by atoms with Crippen molar-refractivity contribution in [2.75, 3.05) is 26.2 Å². The largest absolute Gasteiger partial charge is 0.401 e. The topological polar surface area (TPSA) is 15.3 Å². The quantitative estimate of drug-likeness (QED) is 0.787. The molecule has 2 atom stereocenters. The zero-order valence-electron chi connectivity index (χ0n) is 9.27. The maximum Gasteiger partial charge on any atom is 0.401 e. The van der Waals surface area contributed by atoms with Gasteiger partial charge in [0.1, 0.15) is 0 Å². The minimum absolute atomic E-state index is 0.0189. The molecule has 90 valence electrons. The van der Waals surface area contributed by atoms with Gasteiger partial charge in [0.2, 0.25) is 0 Å². The van der Waals surface area contributed by atoms with E-state index in [2.05, 4.69) is 5.32 Å². The molecule has 0 aliphatic carbocycles. The van der Waals surface area contributed by atoms with Crippen LogP contribution in [0.2, 0.25) is 0 Å². The Morgan fingerprint density at radius 3 is 2.53 bits per heavy atom. The van der Waals surface area contributed by atoms with Crippen LogP contribution in [0.1, 0.15) is 20.3 Å². The Bertz CT molecular complexity index is 194. The van der Waals surface area contributed by atoms with Crippen LogP contribution in [0.4, 0.5) is 13.2 Å². The molecule has 1 rings (SSSR count). The maximum absolute atomic E-state index is 12.3. The summed E-state index contributed by atoms with van der Waals surface area (Å²) in [5.74, 6) is 0.341. The molecule has 15 heavy (non-hydrogen) atoms. The van der Waals surface area contributed by atoms with E-state index in [0.29, 0.717) is 19.0 Å². The SMILES string of the molecule is CCN(CC(F)(F)F)C1CNCCC1C. The summed E-state index contributed by atoms with van der Waals surface area (Å²) in [5, 5.41) is 3.16. The van der Waals surface area contributed by atoms with Crippen molar-refractivity contribution in [1.29, 1.82) is 0 Å². The fourth-order valence-electron chi connectivity index (χ4n) is 2.16. The third kappa shape index (κ3) is 3.99. The number of piperidine rings is 1. The van der Waals surface area contributed by atoms with Gasteiger partial charge in [-0.3, -0.25) is 4.90 Å². The molecule has 0 aromatic carbocycles. The smallest absolute Gasteiger partial charge is 0.315 e. The number of hydrogen-bond donors (Lipinski definition) is 1. The molecule has 2 unspecified atom stereocenters. The Hall–Kier alpha value is -0.290. The first-order valence-corrected chi connectivity index (χ1v) is 5.45. The van der Waals surface area contributed by atoms with Gasteiger partial charge in [0, 0.05) is 12.6 Å². The molecular weight excluding hydrogens is 205 g/mol. The second-order valence-corrected chi connectivity index (χ2v) is 4.22. The van der Waals surface area contributed by atoms with E-state index < -0.39 is 12.7 Å². The molecule has 2 nitrogen and oxygen atoms in total. The van der Waals surface area contributed by atoms with Gasteiger partial charge in [-0.15, -0.1) is 0 Å². The fraction of sp³-hybridized carbons (Fsp3) is 1.00. The van der Waals surface area contributed by atoms with E-state index >= 15 is 0 Å². The summed E-state index contributed by atoms with van der Waals surface area (Å²) in [4.78, 5) is 1.52. The Labute approximate surface area is 88.8 Å².